The third-order valence-electron chi connectivity index (χ3n) is 15.2. The van der Waals surface area contributed by atoms with Gasteiger partial charge in [0.1, 0.15) is 5.75 Å². The van der Waals surface area contributed by atoms with E-state index in [1.165, 1.54) is 93.7 Å². The van der Waals surface area contributed by atoms with Crippen molar-refractivity contribution in [2.45, 2.75) is 176 Å². The van der Waals surface area contributed by atoms with Crippen LogP contribution in [0.15, 0.2) is 54.6 Å². The summed E-state index contributed by atoms with van der Waals surface area (Å²) < 4.78 is 17.8. The highest BCUT2D eigenvalue weighted by atomic mass is 16.5. The Balaban J connectivity index is 1.38. The zero-order valence-electron chi connectivity index (χ0n) is 40.3. The normalized spacial score (nSPS) is 21.0. The van der Waals surface area contributed by atoms with Crippen molar-refractivity contribution in [2.24, 2.45) is 34.5 Å². The van der Waals surface area contributed by atoms with E-state index in [2.05, 4.69) is 71.2 Å². The summed E-state index contributed by atoms with van der Waals surface area (Å²) in [6.07, 6.45) is 22.4. The van der Waals surface area contributed by atoms with E-state index in [1.54, 1.807) is 13.8 Å². The molecule has 3 aliphatic rings. The average molecular weight is 869 g/mol. The first-order valence-corrected chi connectivity index (χ1v) is 24.9. The van der Waals surface area contributed by atoms with Gasteiger partial charge in [0.25, 0.3) is 0 Å². The maximum atomic E-state index is 12.3. The zero-order valence-corrected chi connectivity index (χ0v) is 40.3. The minimum absolute atomic E-state index is 0.0654. The first-order chi connectivity index (χ1) is 30.2. The van der Waals surface area contributed by atoms with Crippen LogP contribution in [-0.4, -0.2) is 55.2 Å². The average Bonchev–Trinajstić information content (AvgIpc) is 3.83. The number of aliphatic hydroxyl groups excluding tert-OH is 2. The topological polar surface area (TPSA) is 102 Å². The summed E-state index contributed by atoms with van der Waals surface area (Å²) in [6.45, 7) is 20.1. The minimum atomic E-state index is -0.661. The summed E-state index contributed by atoms with van der Waals surface area (Å²) >= 11 is 0. The van der Waals surface area contributed by atoms with Crippen molar-refractivity contribution in [3.63, 3.8) is 0 Å². The summed E-state index contributed by atoms with van der Waals surface area (Å²) in [5, 5.41) is 21.1. The molecule has 7 heteroatoms. The second kappa shape index (κ2) is 24.2. The Bertz CT molecular complexity index is 1740. The number of hydrogen-bond acceptors (Lipinski definition) is 7. The van der Waals surface area contributed by atoms with Crippen LogP contribution in [0.4, 0.5) is 0 Å². The van der Waals surface area contributed by atoms with Crippen molar-refractivity contribution in [1.82, 2.24) is 0 Å². The fourth-order valence-corrected chi connectivity index (χ4v) is 11.0. The van der Waals surface area contributed by atoms with E-state index in [4.69, 9.17) is 14.2 Å². The first kappa shape index (κ1) is 50.6. The molecular weight excluding hydrogens is 785 g/mol. The van der Waals surface area contributed by atoms with Gasteiger partial charge in [-0.05, 0) is 197 Å². The van der Waals surface area contributed by atoms with Crippen LogP contribution in [0.1, 0.15) is 179 Å². The predicted molar refractivity (Wildman–Crippen MR) is 257 cm³/mol. The second-order valence-corrected chi connectivity index (χ2v) is 21.2. The van der Waals surface area contributed by atoms with Crippen LogP contribution in [0.3, 0.4) is 0 Å². The fraction of sp³-hybridized carbons (Fsp3) is 0.679. The number of benzene rings is 2. The van der Waals surface area contributed by atoms with E-state index < -0.39 is 17.4 Å². The lowest BCUT2D eigenvalue weighted by Crippen LogP contribution is -2.33. The van der Waals surface area contributed by atoms with Gasteiger partial charge in [-0.1, -0.05) is 84.7 Å². The van der Waals surface area contributed by atoms with Crippen molar-refractivity contribution in [3.8, 4) is 16.9 Å². The predicted octanol–water partition coefficient (Wildman–Crippen LogP) is 12.9. The van der Waals surface area contributed by atoms with Crippen LogP contribution in [0, 0.1) is 34.5 Å². The lowest BCUT2D eigenvalue weighted by Gasteiger charge is -2.39. The van der Waals surface area contributed by atoms with Crippen molar-refractivity contribution in [1.29, 1.82) is 0 Å². The van der Waals surface area contributed by atoms with Gasteiger partial charge >= 0.3 is 11.9 Å². The second-order valence-electron chi connectivity index (χ2n) is 21.2. The van der Waals surface area contributed by atoms with Crippen LogP contribution < -0.4 is 4.74 Å². The van der Waals surface area contributed by atoms with Crippen molar-refractivity contribution in [2.75, 3.05) is 33.0 Å². The molecule has 3 aliphatic carbocycles. The monoisotopic (exact) mass is 869 g/mol. The number of hydrogen-bond donors (Lipinski definition) is 2. The number of ether oxygens (including phenoxy) is 3. The molecule has 63 heavy (non-hydrogen) atoms. The standard InChI is InChI=1S/C56H84O7/c1-9-41-34-47(46-24-22-45(23-25-46)44-20-18-43(19-21-44)42-14-10-11-15-42)26-27-51(41)50-35-48(16-12-31-62-53(59)39(2)3)52(49(36-50)17-13-32-63-54(60)40(4)5)61-33-30-56(37-57,38-58)29-28-55(6,7)8/h26-27,34-36,42-46,57-58H,2,4,9-25,28-33,37-38H2,1,3,5-8H3. The molecular formula is C56H84O7. The molecule has 0 unspecified atom stereocenters. The lowest BCUT2D eigenvalue weighted by atomic mass is 9.66. The van der Waals surface area contributed by atoms with Gasteiger partial charge in [0.05, 0.1) is 33.0 Å². The molecule has 0 aromatic heterocycles. The molecule has 0 atom stereocenters. The SMILES string of the molecule is C=C(C)C(=O)OCCCc1cc(-c2ccc(C3CCC(C4CCC(C5CCCC5)CC4)CC3)cc2CC)cc(CCCOC(=O)C(=C)C)c1OCCC(CO)(CO)CCC(C)(C)C. The summed E-state index contributed by atoms with van der Waals surface area (Å²) in [6, 6.07) is 11.7. The van der Waals surface area contributed by atoms with E-state index in [1.807, 2.05) is 0 Å². The third kappa shape index (κ3) is 14.8. The number of aryl methyl sites for hydroxylation is 3. The summed E-state index contributed by atoms with van der Waals surface area (Å²) in [5.41, 5.74) is 7.33. The van der Waals surface area contributed by atoms with Gasteiger partial charge in [-0.3, -0.25) is 0 Å². The summed E-state index contributed by atoms with van der Waals surface area (Å²) in [5.74, 6) is 4.45. The van der Waals surface area contributed by atoms with Crippen molar-refractivity contribution < 1.29 is 34.0 Å². The highest BCUT2D eigenvalue weighted by Crippen LogP contribution is 2.48. The van der Waals surface area contributed by atoms with Gasteiger partial charge in [0, 0.05) is 16.6 Å². The van der Waals surface area contributed by atoms with E-state index in [0.29, 0.717) is 62.2 Å². The Morgan fingerprint density at radius 3 is 1.60 bits per heavy atom. The van der Waals surface area contributed by atoms with Gasteiger partial charge in [-0.25, -0.2) is 9.59 Å². The lowest BCUT2D eigenvalue weighted by molar-refractivity contribution is -0.139. The molecule has 2 N–H and O–H groups in total. The van der Waals surface area contributed by atoms with Crippen LogP contribution in [0.25, 0.3) is 11.1 Å². The molecule has 0 saturated heterocycles. The van der Waals surface area contributed by atoms with Gasteiger partial charge in [0.2, 0.25) is 0 Å². The largest absolute Gasteiger partial charge is 0.493 e. The molecule has 2 aromatic rings. The Hall–Kier alpha value is -3.42. The van der Waals surface area contributed by atoms with Crippen LogP contribution in [-0.2, 0) is 38.3 Å². The van der Waals surface area contributed by atoms with E-state index >= 15 is 0 Å². The molecule has 0 radical (unpaired) electrons. The molecule has 0 bridgehead atoms. The van der Waals surface area contributed by atoms with E-state index in [-0.39, 0.29) is 31.8 Å². The smallest absolute Gasteiger partial charge is 0.333 e. The minimum Gasteiger partial charge on any atom is -0.493 e. The van der Waals surface area contributed by atoms with Crippen molar-refractivity contribution in [3.05, 3.63) is 76.9 Å². The molecule has 7 nitrogen and oxygen atoms in total. The zero-order chi connectivity index (χ0) is 45.6. The number of carbonyl (C=O) groups excluding carboxylic acids is 2. The molecule has 0 spiro atoms. The van der Waals surface area contributed by atoms with E-state index in [9.17, 15) is 19.8 Å². The van der Waals surface area contributed by atoms with E-state index in [0.717, 1.165) is 59.0 Å². The molecule has 2 aromatic carbocycles. The third-order valence-corrected chi connectivity index (χ3v) is 15.2. The Morgan fingerprint density at radius 1 is 0.651 bits per heavy atom. The molecule has 0 aliphatic heterocycles. The maximum absolute atomic E-state index is 12.3. The van der Waals surface area contributed by atoms with Gasteiger partial charge < -0.3 is 24.4 Å². The highest BCUT2D eigenvalue weighted by Gasteiger charge is 2.35. The molecule has 3 fully saturated rings. The molecule has 5 rings (SSSR count). The Kier molecular flexibility index (Phi) is 19.4. The summed E-state index contributed by atoms with van der Waals surface area (Å²) in [7, 11) is 0. The van der Waals surface area contributed by atoms with Crippen LogP contribution in [0.5, 0.6) is 5.75 Å². The Morgan fingerprint density at radius 2 is 1.14 bits per heavy atom. The molecule has 350 valence electrons. The molecule has 0 amide bonds. The van der Waals surface area contributed by atoms with Crippen LogP contribution in [0.2, 0.25) is 0 Å². The number of esters is 2. The van der Waals surface area contributed by atoms with Crippen LogP contribution >= 0.6 is 0 Å². The Labute approximate surface area is 381 Å². The molecule has 3 saturated carbocycles. The van der Waals surface area contributed by atoms with Gasteiger partial charge in [0.15, 0.2) is 0 Å². The number of rotatable bonds is 23. The highest BCUT2D eigenvalue weighted by molar-refractivity contribution is 5.87. The summed E-state index contributed by atoms with van der Waals surface area (Å²) in [4.78, 5) is 24.6. The van der Waals surface area contributed by atoms with Crippen molar-refractivity contribution >= 4 is 11.9 Å². The number of carbonyl (C=O) groups is 2. The quantitative estimate of drug-likeness (QED) is 0.0651. The van der Waals surface area contributed by atoms with Gasteiger partial charge in [-0.2, -0.15) is 0 Å². The number of aliphatic hydroxyl groups is 2. The maximum Gasteiger partial charge on any atom is 0.333 e. The molecule has 0 heterocycles. The van der Waals surface area contributed by atoms with Gasteiger partial charge in [-0.15, -0.1) is 0 Å². The first-order valence-electron chi connectivity index (χ1n) is 24.9. The fourth-order valence-electron chi connectivity index (χ4n) is 11.0.